The molecule has 1 aromatic rings. The lowest BCUT2D eigenvalue weighted by atomic mass is 10.0. The Morgan fingerprint density at radius 3 is 2.43 bits per heavy atom. The lowest BCUT2D eigenvalue weighted by Gasteiger charge is -2.28. The fourth-order valence-corrected chi connectivity index (χ4v) is 1.61. The minimum atomic E-state index is -1.52. The van der Waals surface area contributed by atoms with Gasteiger partial charge in [-0.1, -0.05) is 13.3 Å². The number of rotatable bonds is 8. The topological polar surface area (TPSA) is 125 Å². The number of nitrogens with one attached hydrogen (secondary N) is 1. The van der Waals surface area contributed by atoms with Crippen molar-refractivity contribution in [2.45, 2.75) is 31.8 Å². The van der Waals surface area contributed by atoms with Gasteiger partial charge in [0.2, 0.25) is 0 Å². The van der Waals surface area contributed by atoms with E-state index in [1.165, 1.54) is 16.8 Å². The maximum atomic E-state index is 12.1. The lowest BCUT2D eigenvalue weighted by Crippen LogP contribution is -2.57. The van der Waals surface area contributed by atoms with Crippen LogP contribution in [-0.2, 0) is 6.54 Å². The average molecular weight is 299 g/mol. The minimum absolute atomic E-state index is 0.0228. The van der Waals surface area contributed by atoms with Crippen LogP contribution < -0.4 is 10.9 Å². The third-order valence-electron chi connectivity index (χ3n) is 3.11. The molecule has 8 heteroatoms. The SMILES string of the molecule is CCCCn1nc(C(=O)NC(CO)(CO)CO)ccc1=O. The third-order valence-corrected chi connectivity index (χ3v) is 3.11. The molecule has 0 unspecified atom stereocenters. The van der Waals surface area contributed by atoms with Crippen molar-refractivity contribution in [3.05, 3.63) is 28.2 Å². The predicted molar refractivity (Wildman–Crippen MR) is 74.9 cm³/mol. The Bertz CT molecular complexity index is 517. The molecular formula is C13H21N3O5. The van der Waals surface area contributed by atoms with E-state index in [-0.39, 0.29) is 11.3 Å². The summed E-state index contributed by atoms with van der Waals surface area (Å²) < 4.78 is 1.19. The zero-order valence-electron chi connectivity index (χ0n) is 11.9. The predicted octanol–water partition coefficient (Wildman–Crippen LogP) is -1.51. The van der Waals surface area contributed by atoms with Crippen molar-refractivity contribution in [3.63, 3.8) is 0 Å². The van der Waals surface area contributed by atoms with E-state index in [2.05, 4.69) is 10.4 Å². The molecule has 4 N–H and O–H groups in total. The van der Waals surface area contributed by atoms with Gasteiger partial charge in [0, 0.05) is 12.6 Å². The van der Waals surface area contributed by atoms with Gasteiger partial charge in [-0.3, -0.25) is 9.59 Å². The van der Waals surface area contributed by atoms with Crippen LogP contribution in [0.2, 0.25) is 0 Å². The number of amides is 1. The molecule has 0 aliphatic carbocycles. The summed E-state index contributed by atoms with van der Waals surface area (Å²) >= 11 is 0. The van der Waals surface area contributed by atoms with Crippen LogP contribution in [0.25, 0.3) is 0 Å². The maximum absolute atomic E-state index is 12.1. The molecular weight excluding hydrogens is 278 g/mol. The van der Waals surface area contributed by atoms with Crippen LogP contribution >= 0.6 is 0 Å². The number of nitrogens with zero attached hydrogens (tertiary/aromatic N) is 2. The van der Waals surface area contributed by atoms with Crippen LogP contribution in [0.5, 0.6) is 0 Å². The van der Waals surface area contributed by atoms with Gasteiger partial charge in [0.1, 0.15) is 11.2 Å². The smallest absolute Gasteiger partial charge is 0.272 e. The highest BCUT2D eigenvalue weighted by Gasteiger charge is 2.30. The highest BCUT2D eigenvalue weighted by molar-refractivity contribution is 5.92. The second-order valence-electron chi connectivity index (χ2n) is 4.84. The van der Waals surface area contributed by atoms with Crippen molar-refractivity contribution in [3.8, 4) is 0 Å². The molecule has 0 aliphatic rings. The van der Waals surface area contributed by atoms with Gasteiger partial charge in [-0.25, -0.2) is 4.68 Å². The van der Waals surface area contributed by atoms with E-state index in [1.807, 2.05) is 6.92 Å². The van der Waals surface area contributed by atoms with Crippen LogP contribution in [0.15, 0.2) is 16.9 Å². The highest BCUT2D eigenvalue weighted by Crippen LogP contribution is 2.04. The van der Waals surface area contributed by atoms with Gasteiger partial charge in [0.05, 0.1) is 19.8 Å². The molecule has 0 saturated heterocycles. The van der Waals surface area contributed by atoms with Gasteiger partial charge in [0.25, 0.3) is 11.5 Å². The number of aliphatic hydroxyl groups is 3. The summed E-state index contributed by atoms with van der Waals surface area (Å²) in [7, 11) is 0. The first-order chi connectivity index (χ1) is 10.0. The number of carbonyl (C=O) groups excluding carboxylic acids is 1. The molecule has 0 fully saturated rings. The Morgan fingerprint density at radius 2 is 1.90 bits per heavy atom. The van der Waals surface area contributed by atoms with Crippen LogP contribution in [0.1, 0.15) is 30.3 Å². The number of carbonyl (C=O) groups is 1. The second kappa shape index (κ2) is 7.87. The van der Waals surface area contributed by atoms with Crippen molar-refractivity contribution < 1.29 is 20.1 Å². The van der Waals surface area contributed by atoms with Gasteiger partial charge >= 0.3 is 0 Å². The van der Waals surface area contributed by atoms with Gasteiger partial charge in [-0.2, -0.15) is 5.10 Å². The molecule has 0 bridgehead atoms. The summed E-state index contributed by atoms with van der Waals surface area (Å²) in [5.74, 6) is -0.683. The first kappa shape index (κ1) is 17.3. The number of aryl methyl sites for hydroxylation is 1. The number of aromatic nitrogens is 2. The fourth-order valence-electron chi connectivity index (χ4n) is 1.61. The summed E-state index contributed by atoms with van der Waals surface area (Å²) in [5, 5.41) is 33.8. The van der Waals surface area contributed by atoms with Crippen LogP contribution in [-0.4, -0.2) is 56.4 Å². The molecule has 0 radical (unpaired) electrons. The number of hydrogen-bond acceptors (Lipinski definition) is 6. The van der Waals surface area contributed by atoms with Crippen molar-refractivity contribution in [1.82, 2.24) is 15.1 Å². The van der Waals surface area contributed by atoms with Crippen LogP contribution in [0.3, 0.4) is 0 Å². The molecule has 0 spiro atoms. The molecule has 0 aliphatic heterocycles. The number of unbranched alkanes of at least 4 members (excludes halogenated alkanes) is 1. The zero-order valence-corrected chi connectivity index (χ0v) is 11.9. The van der Waals surface area contributed by atoms with E-state index in [9.17, 15) is 24.9 Å². The van der Waals surface area contributed by atoms with Crippen molar-refractivity contribution in [1.29, 1.82) is 0 Å². The maximum Gasteiger partial charge on any atom is 0.272 e. The Morgan fingerprint density at radius 1 is 1.29 bits per heavy atom. The van der Waals surface area contributed by atoms with Crippen molar-refractivity contribution in [2.24, 2.45) is 0 Å². The summed E-state index contributed by atoms with van der Waals surface area (Å²) in [6, 6.07) is 2.49. The molecule has 0 atom stereocenters. The monoisotopic (exact) mass is 299 g/mol. The van der Waals surface area contributed by atoms with E-state index >= 15 is 0 Å². The molecule has 0 saturated carbocycles. The molecule has 118 valence electrons. The quantitative estimate of drug-likeness (QED) is 0.462. The largest absolute Gasteiger partial charge is 0.394 e. The fraction of sp³-hybridized carbons (Fsp3) is 0.615. The van der Waals surface area contributed by atoms with Crippen LogP contribution in [0.4, 0.5) is 0 Å². The first-order valence-corrected chi connectivity index (χ1v) is 6.75. The van der Waals surface area contributed by atoms with E-state index in [0.29, 0.717) is 6.54 Å². The Kier molecular flexibility index (Phi) is 6.47. The minimum Gasteiger partial charge on any atom is -0.394 e. The van der Waals surface area contributed by atoms with E-state index < -0.39 is 31.3 Å². The average Bonchev–Trinajstić information content (AvgIpc) is 2.51. The van der Waals surface area contributed by atoms with Gasteiger partial charge in [-0.05, 0) is 12.5 Å². The van der Waals surface area contributed by atoms with E-state index in [4.69, 9.17) is 0 Å². The summed E-state index contributed by atoms with van der Waals surface area (Å²) in [6.45, 7) is 0.505. The molecule has 1 aromatic heterocycles. The van der Waals surface area contributed by atoms with Crippen molar-refractivity contribution in [2.75, 3.05) is 19.8 Å². The Hall–Kier alpha value is -1.77. The Labute approximate surface area is 122 Å². The molecule has 21 heavy (non-hydrogen) atoms. The van der Waals surface area contributed by atoms with Gasteiger partial charge in [0.15, 0.2) is 0 Å². The third kappa shape index (κ3) is 4.35. The molecule has 8 nitrogen and oxygen atoms in total. The standard InChI is InChI=1S/C13H21N3O5/c1-2-3-6-16-11(20)5-4-10(15-16)12(21)14-13(7-17,8-18)9-19/h4-5,17-19H,2-3,6-9H2,1H3,(H,14,21). The van der Waals surface area contributed by atoms with Gasteiger partial charge < -0.3 is 20.6 Å². The second-order valence-corrected chi connectivity index (χ2v) is 4.84. The number of aliphatic hydroxyl groups excluding tert-OH is 3. The number of hydrogen-bond donors (Lipinski definition) is 4. The first-order valence-electron chi connectivity index (χ1n) is 6.75. The lowest BCUT2D eigenvalue weighted by molar-refractivity contribution is 0.0372. The zero-order chi connectivity index (χ0) is 15.9. The molecule has 1 rings (SSSR count). The Balaban J connectivity index is 2.94. The van der Waals surface area contributed by atoms with Gasteiger partial charge in [-0.15, -0.1) is 0 Å². The van der Waals surface area contributed by atoms with E-state index in [1.54, 1.807) is 0 Å². The van der Waals surface area contributed by atoms with Crippen LogP contribution in [0, 0.1) is 0 Å². The van der Waals surface area contributed by atoms with E-state index in [0.717, 1.165) is 12.8 Å². The normalized spacial score (nSPS) is 11.4. The van der Waals surface area contributed by atoms with Crippen molar-refractivity contribution >= 4 is 5.91 Å². The highest BCUT2D eigenvalue weighted by atomic mass is 16.3. The molecule has 1 heterocycles. The molecule has 0 aromatic carbocycles. The summed E-state index contributed by atoms with van der Waals surface area (Å²) in [4.78, 5) is 23.7. The summed E-state index contributed by atoms with van der Waals surface area (Å²) in [5.41, 5.74) is -1.86. The molecule has 1 amide bonds. The summed E-state index contributed by atoms with van der Waals surface area (Å²) in [6.07, 6.45) is 1.64.